The first-order chi connectivity index (χ1) is 8.49. The summed E-state index contributed by atoms with van der Waals surface area (Å²) in [4.78, 5) is 14.8. The maximum Gasteiger partial charge on any atom is 0.223 e. The number of rotatable bonds is 4. The van der Waals surface area contributed by atoms with Crippen LogP contribution < -0.4 is 10.6 Å². The molecular formula is C14H22N2OS. The van der Waals surface area contributed by atoms with Crippen LogP contribution in [0.2, 0.25) is 0 Å². The molecule has 4 heteroatoms. The largest absolute Gasteiger partial charge is 0.349 e. The molecule has 2 N–H and O–H groups in total. The molecule has 1 aromatic rings. The third kappa shape index (κ3) is 2.75. The molecule has 1 aliphatic heterocycles. The van der Waals surface area contributed by atoms with Crippen LogP contribution in [0.4, 0.5) is 0 Å². The van der Waals surface area contributed by atoms with Gasteiger partial charge in [-0.2, -0.15) is 0 Å². The van der Waals surface area contributed by atoms with Crippen LogP contribution in [0.3, 0.4) is 0 Å². The predicted octanol–water partition coefficient (Wildman–Crippen LogP) is 2.40. The Labute approximate surface area is 113 Å². The van der Waals surface area contributed by atoms with E-state index in [1.807, 2.05) is 6.92 Å². The van der Waals surface area contributed by atoms with Crippen molar-refractivity contribution >= 4 is 17.2 Å². The van der Waals surface area contributed by atoms with E-state index in [9.17, 15) is 4.79 Å². The Morgan fingerprint density at radius 3 is 2.56 bits per heavy atom. The van der Waals surface area contributed by atoms with Gasteiger partial charge in [-0.1, -0.05) is 6.92 Å². The van der Waals surface area contributed by atoms with Gasteiger partial charge in [0.05, 0.1) is 6.04 Å². The number of amides is 1. The topological polar surface area (TPSA) is 41.1 Å². The number of carbonyl (C=O) groups excluding carboxylic acids is 1. The van der Waals surface area contributed by atoms with Crippen LogP contribution in [0, 0.1) is 25.7 Å². The standard InChI is InChI=1S/C14H22N2OS/c1-8-5-13(11(4)18-8)10(3)16-14(17)9(2)12-6-15-7-12/h5,9-10,12,15H,6-7H2,1-4H3,(H,16,17). The molecule has 0 spiro atoms. The lowest BCUT2D eigenvalue weighted by molar-refractivity contribution is -0.127. The van der Waals surface area contributed by atoms with Gasteiger partial charge in [0.25, 0.3) is 0 Å². The molecule has 2 atom stereocenters. The molecule has 0 radical (unpaired) electrons. The molecule has 2 rings (SSSR count). The van der Waals surface area contributed by atoms with Gasteiger partial charge in [-0.15, -0.1) is 11.3 Å². The average Bonchev–Trinajstić information content (AvgIpc) is 2.55. The van der Waals surface area contributed by atoms with Gasteiger partial charge in [0.15, 0.2) is 0 Å². The zero-order valence-corrected chi connectivity index (χ0v) is 12.4. The highest BCUT2D eigenvalue weighted by atomic mass is 32.1. The van der Waals surface area contributed by atoms with Gasteiger partial charge in [-0.25, -0.2) is 0 Å². The van der Waals surface area contributed by atoms with Gasteiger partial charge in [0.1, 0.15) is 0 Å². The first-order valence-electron chi connectivity index (χ1n) is 6.57. The highest BCUT2D eigenvalue weighted by Gasteiger charge is 2.29. The summed E-state index contributed by atoms with van der Waals surface area (Å²) in [5, 5.41) is 6.36. The van der Waals surface area contributed by atoms with Crippen LogP contribution in [0.15, 0.2) is 6.07 Å². The molecule has 0 saturated carbocycles. The van der Waals surface area contributed by atoms with E-state index in [0.29, 0.717) is 5.92 Å². The van der Waals surface area contributed by atoms with E-state index in [1.54, 1.807) is 11.3 Å². The minimum Gasteiger partial charge on any atom is -0.349 e. The molecule has 1 saturated heterocycles. The van der Waals surface area contributed by atoms with Crippen LogP contribution in [0.5, 0.6) is 0 Å². The van der Waals surface area contributed by atoms with Gasteiger partial charge in [-0.3, -0.25) is 4.79 Å². The fourth-order valence-corrected chi connectivity index (χ4v) is 3.40. The molecule has 0 aliphatic carbocycles. The minimum atomic E-state index is 0.105. The maximum absolute atomic E-state index is 12.1. The number of nitrogens with one attached hydrogen (secondary N) is 2. The van der Waals surface area contributed by atoms with Crippen molar-refractivity contribution in [1.29, 1.82) is 0 Å². The zero-order chi connectivity index (χ0) is 13.3. The van der Waals surface area contributed by atoms with Crippen molar-refractivity contribution in [2.24, 2.45) is 11.8 Å². The second kappa shape index (κ2) is 5.41. The minimum absolute atomic E-state index is 0.105. The van der Waals surface area contributed by atoms with Gasteiger partial charge in [0.2, 0.25) is 5.91 Å². The van der Waals surface area contributed by atoms with Gasteiger partial charge < -0.3 is 10.6 Å². The Bertz CT molecular complexity index is 437. The van der Waals surface area contributed by atoms with Crippen LogP contribution >= 0.6 is 11.3 Å². The Morgan fingerprint density at radius 1 is 1.44 bits per heavy atom. The summed E-state index contributed by atoms with van der Waals surface area (Å²) in [5.74, 6) is 0.786. The molecule has 18 heavy (non-hydrogen) atoms. The van der Waals surface area contributed by atoms with E-state index in [0.717, 1.165) is 13.1 Å². The van der Waals surface area contributed by atoms with Gasteiger partial charge >= 0.3 is 0 Å². The summed E-state index contributed by atoms with van der Waals surface area (Å²) < 4.78 is 0. The molecule has 2 heterocycles. The van der Waals surface area contributed by atoms with Crippen molar-refractivity contribution < 1.29 is 4.79 Å². The molecule has 1 amide bonds. The summed E-state index contributed by atoms with van der Waals surface area (Å²) in [6.45, 7) is 10.3. The van der Waals surface area contributed by atoms with E-state index < -0.39 is 0 Å². The first-order valence-corrected chi connectivity index (χ1v) is 7.38. The lowest BCUT2D eigenvalue weighted by Crippen LogP contribution is -2.49. The molecular weight excluding hydrogens is 244 g/mol. The van der Waals surface area contributed by atoms with Crippen molar-refractivity contribution in [2.75, 3.05) is 13.1 Å². The molecule has 0 bridgehead atoms. The van der Waals surface area contributed by atoms with E-state index in [2.05, 4.69) is 37.5 Å². The maximum atomic E-state index is 12.1. The fourth-order valence-electron chi connectivity index (χ4n) is 2.38. The molecule has 2 unspecified atom stereocenters. The van der Waals surface area contributed by atoms with Crippen molar-refractivity contribution in [1.82, 2.24) is 10.6 Å². The molecule has 100 valence electrons. The van der Waals surface area contributed by atoms with E-state index >= 15 is 0 Å². The number of hydrogen-bond donors (Lipinski definition) is 2. The normalized spacial score (nSPS) is 19.1. The molecule has 3 nitrogen and oxygen atoms in total. The third-order valence-electron chi connectivity index (χ3n) is 3.84. The molecule has 0 aromatic carbocycles. The number of carbonyl (C=O) groups is 1. The highest BCUT2D eigenvalue weighted by molar-refractivity contribution is 7.12. The fraction of sp³-hybridized carbons (Fsp3) is 0.643. The summed E-state index contributed by atoms with van der Waals surface area (Å²) in [5.41, 5.74) is 1.25. The van der Waals surface area contributed by atoms with E-state index in [-0.39, 0.29) is 17.9 Å². The van der Waals surface area contributed by atoms with Crippen molar-refractivity contribution in [3.8, 4) is 0 Å². The second-order valence-corrected chi connectivity index (χ2v) is 6.77. The number of aryl methyl sites for hydroxylation is 2. The Balaban J connectivity index is 1.96. The Kier molecular flexibility index (Phi) is 4.07. The molecule has 1 aliphatic rings. The highest BCUT2D eigenvalue weighted by Crippen LogP contribution is 2.26. The summed E-state index contributed by atoms with van der Waals surface area (Å²) in [6.07, 6.45) is 0. The van der Waals surface area contributed by atoms with Crippen LogP contribution in [-0.2, 0) is 4.79 Å². The van der Waals surface area contributed by atoms with Crippen molar-refractivity contribution in [3.05, 3.63) is 21.4 Å². The molecule has 1 aromatic heterocycles. The predicted molar refractivity (Wildman–Crippen MR) is 75.9 cm³/mol. The molecule has 1 fully saturated rings. The van der Waals surface area contributed by atoms with Crippen LogP contribution in [0.1, 0.15) is 35.2 Å². The first kappa shape index (κ1) is 13.6. The quantitative estimate of drug-likeness (QED) is 0.878. The monoisotopic (exact) mass is 266 g/mol. The lowest BCUT2D eigenvalue weighted by Gasteiger charge is -2.32. The van der Waals surface area contributed by atoms with Crippen LogP contribution in [-0.4, -0.2) is 19.0 Å². The SMILES string of the molecule is Cc1cc(C(C)NC(=O)C(C)C2CNC2)c(C)s1. The van der Waals surface area contributed by atoms with E-state index in [1.165, 1.54) is 15.3 Å². The summed E-state index contributed by atoms with van der Waals surface area (Å²) in [6, 6.07) is 2.29. The number of thiophene rings is 1. The van der Waals surface area contributed by atoms with Crippen LogP contribution in [0.25, 0.3) is 0 Å². The third-order valence-corrected chi connectivity index (χ3v) is 4.82. The Morgan fingerprint density at radius 2 is 2.11 bits per heavy atom. The van der Waals surface area contributed by atoms with Crippen molar-refractivity contribution in [3.63, 3.8) is 0 Å². The smallest absolute Gasteiger partial charge is 0.223 e. The average molecular weight is 266 g/mol. The van der Waals surface area contributed by atoms with E-state index in [4.69, 9.17) is 0 Å². The van der Waals surface area contributed by atoms with Crippen molar-refractivity contribution in [2.45, 2.75) is 33.7 Å². The number of hydrogen-bond acceptors (Lipinski definition) is 3. The second-order valence-electron chi connectivity index (χ2n) is 5.31. The summed E-state index contributed by atoms with van der Waals surface area (Å²) >= 11 is 1.79. The van der Waals surface area contributed by atoms with Gasteiger partial charge in [0, 0.05) is 15.7 Å². The van der Waals surface area contributed by atoms with Gasteiger partial charge in [-0.05, 0) is 51.4 Å². The zero-order valence-electron chi connectivity index (χ0n) is 11.5. The lowest BCUT2D eigenvalue weighted by atomic mass is 9.88. The summed E-state index contributed by atoms with van der Waals surface area (Å²) in [7, 11) is 0. The Hall–Kier alpha value is -0.870.